The Morgan fingerprint density at radius 2 is 1.05 bits per heavy atom. The summed E-state index contributed by atoms with van der Waals surface area (Å²) in [5.74, 6) is 2.06. The highest BCUT2D eigenvalue weighted by atomic mass is 28.3. The number of hydrogen-bond acceptors (Lipinski definition) is 3. The maximum atomic E-state index is 7.15. The van der Waals surface area contributed by atoms with Gasteiger partial charge in [0.25, 0.3) is 0 Å². The van der Waals surface area contributed by atoms with Crippen LogP contribution in [-0.2, 0) is 4.43 Å². The molecule has 0 spiro atoms. The Hall–Kier alpha value is -3.50. The first-order valence-corrected chi connectivity index (χ1v) is 16.3. The number of rotatable bonds is 9. The Labute approximate surface area is 250 Å². The number of allylic oxidation sites excluding steroid dienone is 2. The van der Waals surface area contributed by atoms with Crippen molar-refractivity contribution in [1.29, 1.82) is 0 Å². The Bertz CT molecular complexity index is 1380. The number of benzene rings is 3. The molecular weight excluding hydrogens is 517 g/mol. The average molecular weight is 564 g/mol. The van der Waals surface area contributed by atoms with Gasteiger partial charge in [0.1, 0.15) is 5.76 Å². The SMILES string of the molecule is C=C(O[Si]1N(c2c(C(C)C)cccc2C(C)C)C(=C)C=C(C)N1c1c(C(C)C)cccc1C(C)C)c1ccccc1. The molecule has 4 heteroatoms. The molecule has 0 aliphatic carbocycles. The summed E-state index contributed by atoms with van der Waals surface area (Å²) < 4.78 is 12.0. The van der Waals surface area contributed by atoms with Crippen molar-refractivity contribution in [2.24, 2.45) is 0 Å². The molecule has 0 saturated carbocycles. The molecule has 0 N–H and O–H groups in total. The van der Waals surface area contributed by atoms with Crippen molar-refractivity contribution in [3.63, 3.8) is 0 Å². The van der Waals surface area contributed by atoms with Gasteiger partial charge in [0, 0.05) is 28.3 Å². The van der Waals surface area contributed by atoms with Gasteiger partial charge in [-0.05, 0) is 58.9 Å². The summed E-state index contributed by atoms with van der Waals surface area (Å²) >= 11 is 0. The molecule has 3 nitrogen and oxygen atoms in total. The minimum Gasteiger partial charge on any atom is -0.507 e. The topological polar surface area (TPSA) is 15.7 Å². The predicted molar refractivity (Wildman–Crippen MR) is 179 cm³/mol. The average Bonchev–Trinajstić information content (AvgIpc) is 2.92. The third-order valence-corrected chi connectivity index (χ3v) is 10.1. The monoisotopic (exact) mass is 563 g/mol. The van der Waals surface area contributed by atoms with Crippen LogP contribution in [-0.4, -0.2) is 9.36 Å². The molecule has 3 aromatic carbocycles. The first-order chi connectivity index (χ1) is 19.4. The molecule has 3 aromatic rings. The van der Waals surface area contributed by atoms with E-state index in [4.69, 9.17) is 4.43 Å². The Morgan fingerprint density at radius 3 is 1.46 bits per heavy atom. The van der Waals surface area contributed by atoms with Crippen LogP contribution in [0.2, 0.25) is 0 Å². The summed E-state index contributed by atoms with van der Waals surface area (Å²) in [6.45, 7) is 29.5. The van der Waals surface area contributed by atoms with Gasteiger partial charge in [0.05, 0.1) is 0 Å². The van der Waals surface area contributed by atoms with E-state index in [0.717, 1.165) is 17.0 Å². The molecule has 0 saturated heterocycles. The molecular formula is C37H47N2OSi. The van der Waals surface area contributed by atoms with Crippen LogP contribution in [0.15, 0.2) is 97.4 Å². The second-order valence-corrected chi connectivity index (χ2v) is 14.0. The van der Waals surface area contributed by atoms with E-state index in [0.29, 0.717) is 29.4 Å². The molecule has 41 heavy (non-hydrogen) atoms. The molecule has 1 radical (unpaired) electrons. The van der Waals surface area contributed by atoms with Crippen molar-refractivity contribution in [3.05, 3.63) is 125 Å². The van der Waals surface area contributed by atoms with Gasteiger partial charge in [-0.25, -0.2) is 0 Å². The van der Waals surface area contributed by atoms with Crippen LogP contribution in [0.4, 0.5) is 11.4 Å². The fourth-order valence-electron chi connectivity index (χ4n) is 5.68. The van der Waals surface area contributed by atoms with E-state index >= 15 is 0 Å². The van der Waals surface area contributed by atoms with Crippen LogP contribution >= 0.6 is 0 Å². The maximum Gasteiger partial charge on any atom is 0.566 e. The zero-order valence-corrected chi connectivity index (χ0v) is 27.5. The zero-order valence-electron chi connectivity index (χ0n) is 26.5. The lowest BCUT2D eigenvalue weighted by molar-refractivity contribution is 0.518. The minimum atomic E-state index is -1.99. The molecule has 0 fully saturated rings. The van der Waals surface area contributed by atoms with E-state index in [9.17, 15) is 0 Å². The molecule has 1 heterocycles. The quantitative estimate of drug-likeness (QED) is 0.190. The molecule has 0 bridgehead atoms. The largest absolute Gasteiger partial charge is 0.566 e. The molecule has 1 aliphatic heterocycles. The first-order valence-electron chi connectivity index (χ1n) is 15.0. The summed E-state index contributed by atoms with van der Waals surface area (Å²) in [6.07, 6.45) is 2.23. The molecule has 1 aliphatic rings. The van der Waals surface area contributed by atoms with Crippen molar-refractivity contribution in [2.45, 2.75) is 86.0 Å². The van der Waals surface area contributed by atoms with Gasteiger partial charge in [0.2, 0.25) is 0 Å². The number of anilines is 2. The van der Waals surface area contributed by atoms with Gasteiger partial charge < -0.3 is 13.6 Å². The smallest absolute Gasteiger partial charge is 0.507 e. The normalized spacial score (nSPS) is 14.5. The maximum absolute atomic E-state index is 7.15. The summed E-state index contributed by atoms with van der Waals surface area (Å²) in [6, 6.07) is 23.7. The summed E-state index contributed by atoms with van der Waals surface area (Å²) in [5.41, 5.74) is 10.8. The highest BCUT2D eigenvalue weighted by Gasteiger charge is 2.44. The van der Waals surface area contributed by atoms with E-state index in [1.165, 1.54) is 33.6 Å². The second-order valence-electron chi connectivity index (χ2n) is 12.3. The molecule has 0 amide bonds. The highest BCUT2D eigenvalue weighted by Crippen LogP contribution is 2.45. The number of para-hydroxylation sites is 2. The standard InChI is InChI=1S/C37H47N2OSi/c1-24(2)32-19-15-20-33(25(3)4)36(32)38-28(9)23-29(10)39(41(38)40-30(11)31-17-13-12-14-18-31)37-34(26(5)6)21-16-22-35(37)27(7)8/h12-27H,9,11H2,1-8,10H3. The van der Waals surface area contributed by atoms with E-state index in [2.05, 4.69) is 139 Å². The molecule has 0 unspecified atom stereocenters. The lowest BCUT2D eigenvalue weighted by Gasteiger charge is -2.45. The first kappa shape index (κ1) is 30.5. The highest BCUT2D eigenvalue weighted by molar-refractivity contribution is 6.64. The fourth-order valence-corrected chi connectivity index (χ4v) is 7.98. The molecule has 0 aromatic heterocycles. The summed E-state index contributed by atoms with van der Waals surface area (Å²) in [7, 11) is -1.99. The van der Waals surface area contributed by atoms with Gasteiger partial charge >= 0.3 is 9.36 Å². The number of hydrogen-bond donors (Lipinski definition) is 0. The van der Waals surface area contributed by atoms with Gasteiger partial charge in [-0.15, -0.1) is 0 Å². The van der Waals surface area contributed by atoms with Crippen LogP contribution in [0.5, 0.6) is 0 Å². The Kier molecular flexibility index (Phi) is 9.33. The van der Waals surface area contributed by atoms with E-state index in [-0.39, 0.29) is 0 Å². The van der Waals surface area contributed by atoms with Crippen LogP contribution < -0.4 is 9.13 Å². The van der Waals surface area contributed by atoms with Gasteiger partial charge in [-0.1, -0.05) is 135 Å². The van der Waals surface area contributed by atoms with Gasteiger partial charge in [-0.3, -0.25) is 0 Å². The van der Waals surface area contributed by atoms with E-state index in [1.54, 1.807) is 0 Å². The third kappa shape index (κ3) is 6.08. The lowest BCUT2D eigenvalue weighted by atomic mass is 9.92. The minimum absolute atomic E-state index is 0.340. The van der Waals surface area contributed by atoms with Crippen LogP contribution in [0.1, 0.15) is 114 Å². The van der Waals surface area contributed by atoms with Crippen molar-refractivity contribution in [2.75, 3.05) is 9.13 Å². The third-order valence-electron chi connectivity index (χ3n) is 7.84. The van der Waals surface area contributed by atoms with E-state index in [1.807, 2.05) is 18.2 Å². The number of nitrogens with zero attached hydrogens (tertiary/aromatic N) is 2. The molecule has 0 atom stereocenters. The fraction of sp³-hybridized carbons (Fsp3) is 0.351. The summed E-state index contributed by atoms with van der Waals surface area (Å²) in [4.78, 5) is 0. The lowest BCUT2D eigenvalue weighted by Crippen LogP contribution is -2.57. The van der Waals surface area contributed by atoms with E-state index < -0.39 is 9.36 Å². The zero-order chi connectivity index (χ0) is 30.0. The molecule has 4 rings (SSSR count). The van der Waals surface area contributed by atoms with Crippen molar-refractivity contribution < 1.29 is 4.43 Å². The van der Waals surface area contributed by atoms with Gasteiger partial charge in [0.15, 0.2) is 0 Å². The van der Waals surface area contributed by atoms with Crippen molar-refractivity contribution in [3.8, 4) is 0 Å². The van der Waals surface area contributed by atoms with Crippen molar-refractivity contribution >= 4 is 26.5 Å². The summed E-state index contributed by atoms with van der Waals surface area (Å²) in [5, 5.41) is 0. The Balaban J connectivity index is 2.05. The predicted octanol–water partition coefficient (Wildman–Crippen LogP) is 10.6. The van der Waals surface area contributed by atoms with Crippen LogP contribution in [0.3, 0.4) is 0 Å². The Morgan fingerprint density at radius 1 is 0.634 bits per heavy atom. The van der Waals surface area contributed by atoms with Crippen LogP contribution in [0.25, 0.3) is 5.76 Å². The molecule has 215 valence electrons. The second kappa shape index (κ2) is 12.6. The van der Waals surface area contributed by atoms with Crippen molar-refractivity contribution in [1.82, 2.24) is 0 Å². The van der Waals surface area contributed by atoms with Gasteiger partial charge in [-0.2, -0.15) is 0 Å². The van der Waals surface area contributed by atoms with Crippen LogP contribution in [0, 0.1) is 0 Å².